The number of hydrogen-bond acceptors (Lipinski definition) is 7. The fraction of sp³-hybridized carbons (Fsp3) is 0.111. The summed E-state index contributed by atoms with van der Waals surface area (Å²) in [7, 11) is 0. The fourth-order valence-corrected chi connectivity index (χ4v) is 3.37. The maximum Gasteiger partial charge on any atom is 0.249 e. The summed E-state index contributed by atoms with van der Waals surface area (Å²) in [5, 5.41) is 17.6. The van der Waals surface area contributed by atoms with Gasteiger partial charge in [0.05, 0.1) is 16.3 Å². The first kappa shape index (κ1) is 17.6. The predicted octanol–water partition coefficient (Wildman–Crippen LogP) is 3.96. The third-order valence-electron chi connectivity index (χ3n) is 3.87. The average Bonchev–Trinajstić information content (AvgIpc) is 3.28. The molecule has 27 heavy (non-hydrogen) atoms. The molecule has 9 heteroatoms. The highest BCUT2D eigenvalue weighted by Crippen LogP contribution is 2.28. The van der Waals surface area contributed by atoms with E-state index in [1.165, 1.54) is 22.0 Å². The van der Waals surface area contributed by atoms with Gasteiger partial charge in [-0.1, -0.05) is 65.3 Å². The lowest BCUT2D eigenvalue weighted by Crippen LogP contribution is -2.11. The van der Waals surface area contributed by atoms with Crippen LogP contribution in [0.15, 0.2) is 58.1 Å². The van der Waals surface area contributed by atoms with Gasteiger partial charge in [0.1, 0.15) is 0 Å². The van der Waals surface area contributed by atoms with Crippen molar-refractivity contribution in [1.82, 2.24) is 25.1 Å². The minimum absolute atomic E-state index is 0.380. The van der Waals surface area contributed by atoms with Crippen LogP contribution < -0.4 is 5.84 Å². The lowest BCUT2D eigenvalue weighted by atomic mass is 10.1. The molecule has 2 aromatic heterocycles. The number of nitrogens with two attached hydrogens (primary N) is 1. The summed E-state index contributed by atoms with van der Waals surface area (Å²) in [4.78, 5) is 0. The van der Waals surface area contributed by atoms with E-state index in [2.05, 4.69) is 20.4 Å². The number of aromatic nitrogens is 5. The van der Waals surface area contributed by atoms with E-state index < -0.39 is 0 Å². The van der Waals surface area contributed by atoms with Gasteiger partial charge in [0.25, 0.3) is 0 Å². The first-order chi connectivity index (χ1) is 13.1. The number of aryl methyl sites for hydroxylation is 1. The van der Waals surface area contributed by atoms with E-state index in [0.29, 0.717) is 39.1 Å². The van der Waals surface area contributed by atoms with E-state index in [1.54, 1.807) is 6.07 Å². The first-order valence-electron chi connectivity index (χ1n) is 8.09. The van der Waals surface area contributed by atoms with E-state index in [0.717, 1.165) is 5.56 Å². The van der Waals surface area contributed by atoms with Crippen LogP contribution in [0.3, 0.4) is 0 Å². The zero-order valence-electron chi connectivity index (χ0n) is 14.3. The monoisotopic (exact) mass is 398 g/mol. The maximum atomic E-state index is 6.16. The molecule has 2 aromatic carbocycles. The van der Waals surface area contributed by atoms with Crippen molar-refractivity contribution in [1.29, 1.82) is 0 Å². The Morgan fingerprint density at radius 3 is 2.59 bits per heavy atom. The van der Waals surface area contributed by atoms with Gasteiger partial charge in [-0.25, -0.2) is 4.68 Å². The number of halogens is 1. The molecule has 136 valence electrons. The van der Waals surface area contributed by atoms with Crippen LogP contribution in [0.1, 0.15) is 11.5 Å². The van der Waals surface area contributed by atoms with Crippen molar-refractivity contribution in [3.63, 3.8) is 0 Å². The Labute approximate surface area is 164 Å². The number of thioether (sulfide) groups is 1. The van der Waals surface area contributed by atoms with E-state index in [1.807, 2.05) is 49.4 Å². The minimum atomic E-state index is 0.380. The van der Waals surface area contributed by atoms with Crippen LogP contribution in [-0.4, -0.2) is 25.1 Å². The lowest BCUT2D eigenvalue weighted by molar-refractivity contribution is 0.528. The van der Waals surface area contributed by atoms with Gasteiger partial charge in [0.2, 0.25) is 16.9 Å². The molecule has 4 aromatic rings. The summed E-state index contributed by atoms with van der Waals surface area (Å²) >= 11 is 7.53. The number of nitrogens with zero attached hydrogens (tertiary/aromatic N) is 5. The topological polar surface area (TPSA) is 95.6 Å². The van der Waals surface area contributed by atoms with Gasteiger partial charge >= 0.3 is 0 Å². The molecule has 0 saturated carbocycles. The molecule has 0 aliphatic rings. The molecule has 2 heterocycles. The van der Waals surface area contributed by atoms with E-state index >= 15 is 0 Å². The Hall–Kier alpha value is -2.84. The largest absolute Gasteiger partial charge is 0.420 e. The molecule has 0 aliphatic carbocycles. The number of nitrogen functional groups attached to an aromatic ring is 1. The van der Waals surface area contributed by atoms with Gasteiger partial charge in [-0.05, 0) is 19.1 Å². The molecule has 0 amide bonds. The molecule has 0 radical (unpaired) electrons. The molecule has 0 aliphatic heterocycles. The second-order valence-corrected chi connectivity index (χ2v) is 7.16. The van der Waals surface area contributed by atoms with Crippen LogP contribution in [0.4, 0.5) is 0 Å². The molecule has 0 unspecified atom stereocenters. The third-order valence-corrected chi connectivity index (χ3v) is 5.13. The van der Waals surface area contributed by atoms with Crippen molar-refractivity contribution in [2.45, 2.75) is 17.8 Å². The normalized spacial score (nSPS) is 11.0. The van der Waals surface area contributed by atoms with Crippen LogP contribution in [0, 0.1) is 6.92 Å². The van der Waals surface area contributed by atoms with Crippen LogP contribution in [0.25, 0.3) is 22.8 Å². The second-order valence-electron chi connectivity index (χ2n) is 5.81. The molecule has 0 spiro atoms. The summed E-state index contributed by atoms with van der Waals surface area (Å²) in [5.74, 6) is 7.99. The summed E-state index contributed by atoms with van der Waals surface area (Å²) in [6, 6.07) is 15.3. The van der Waals surface area contributed by atoms with Crippen molar-refractivity contribution in [2.75, 3.05) is 5.84 Å². The number of rotatable bonds is 5. The van der Waals surface area contributed by atoms with Gasteiger partial charge in [0, 0.05) is 5.56 Å². The smallest absolute Gasteiger partial charge is 0.249 e. The predicted molar refractivity (Wildman–Crippen MR) is 105 cm³/mol. The summed E-state index contributed by atoms with van der Waals surface area (Å²) in [6.07, 6.45) is 0. The zero-order chi connectivity index (χ0) is 18.8. The van der Waals surface area contributed by atoms with Crippen molar-refractivity contribution in [3.8, 4) is 22.8 Å². The minimum Gasteiger partial charge on any atom is -0.420 e. The van der Waals surface area contributed by atoms with Crippen LogP contribution in [0.5, 0.6) is 0 Å². The van der Waals surface area contributed by atoms with E-state index in [4.69, 9.17) is 21.9 Å². The molecule has 4 rings (SSSR count). The Morgan fingerprint density at radius 2 is 1.81 bits per heavy atom. The standard InChI is InChI=1S/C18H15ClN6OS/c1-11-6-8-12(9-7-11)16-22-24-18(25(16)20)27-10-15-21-23-17(26-15)13-4-2-3-5-14(13)19/h2-9H,10,20H2,1H3. The second kappa shape index (κ2) is 7.42. The van der Waals surface area contributed by atoms with Crippen LogP contribution in [0.2, 0.25) is 5.02 Å². The quantitative estimate of drug-likeness (QED) is 0.401. The van der Waals surface area contributed by atoms with E-state index in [-0.39, 0.29) is 0 Å². The molecule has 0 atom stereocenters. The number of hydrogen-bond donors (Lipinski definition) is 1. The Balaban J connectivity index is 1.48. The van der Waals surface area contributed by atoms with Crippen LogP contribution in [-0.2, 0) is 5.75 Å². The van der Waals surface area contributed by atoms with Crippen LogP contribution >= 0.6 is 23.4 Å². The fourth-order valence-electron chi connectivity index (χ4n) is 2.46. The van der Waals surface area contributed by atoms with Crippen molar-refractivity contribution < 1.29 is 4.42 Å². The maximum absolute atomic E-state index is 6.16. The Morgan fingerprint density at radius 1 is 1.04 bits per heavy atom. The highest BCUT2D eigenvalue weighted by molar-refractivity contribution is 7.98. The molecule has 0 saturated heterocycles. The number of benzene rings is 2. The molecule has 2 N–H and O–H groups in total. The molecule has 0 bridgehead atoms. The zero-order valence-corrected chi connectivity index (χ0v) is 15.9. The summed E-state index contributed by atoms with van der Waals surface area (Å²) in [5.41, 5.74) is 2.77. The SMILES string of the molecule is Cc1ccc(-c2nnc(SCc3nnc(-c4ccccc4Cl)o3)n2N)cc1. The lowest BCUT2D eigenvalue weighted by Gasteiger charge is -2.03. The third kappa shape index (κ3) is 3.67. The van der Waals surface area contributed by atoms with Gasteiger partial charge in [-0.3, -0.25) is 0 Å². The molecule has 0 fully saturated rings. The Kier molecular flexibility index (Phi) is 4.83. The van der Waals surface area contributed by atoms with Gasteiger partial charge in [-0.15, -0.1) is 20.4 Å². The van der Waals surface area contributed by atoms with Gasteiger partial charge < -0.3 is 10.3 Å². The molecular formula is C18H15ClN6OS. The molecule has 7 nitrogen and oxygen atoms in total. The van der Waals surface area contributed by atoms with Gasteiger partial charge in [-0.2, -0.15) is 0 Å². The van der Waals surface area contributed by atoms with Crippen molar-refractivity contribution >= 4 is 23.4 Å². The van der Waals surface area contributed by atoms with Crippen molar-refractivity contribution in [3.05, 3.63) is 65.0 Å². The van der Waals surface area contributed by atoms with Gasteiger partial charge in [0.15, 0.2) is 5.82 Å². The first-order valence-corrected chi connectivity index (χ1v) is 9.46. The highest BCUT2D eigenvalue weighted by Gasteiger charge is 2.15. The Bertz CT molecular complexity index is 1080. The highest BCUT2D eigenvalue weighted by atomic mass is 35.5. The van der Waals surface area contributed by atoms with E-state index in [9.17, 15) is 0 Å². The summed E-state index contributed by atoms with van der Waals surface area (Å²) < 4.78 is 7.15. The molecular weight excluding hydrogens is 384 g/mol. The van der Waals surface area contributed by atoms with Crippen molar-refractivity contribution in [2.24, 2.45) is 0 Å². The summed E-state index contributed by atoms with van der Waals surface area (Å²) in [6.45, 7) is 2.03. The average molecular weight is 399 g/mol.